The number of allylic oxidation sites excluding steroid dienone is 6. The van der Waals surface area contributed by atoms with Gasteiger partial charge >= 0.3 is 0 Å². The fourth-order valence-electron chi connectivity index (χ4n) is 0.542. The Bertz CT molecular complexity index is 120. The van der Waals surface area contributed by atoms with Crippen molar-refractivity contribution in [1.82, 2.24) is 0 Å². The van der Waals surface area contributed by atoms with E-state index < -0.39 is 0 Å². The summed E-state index contributed by atoms with van der Waals surface area (Å²) in [6, 6.07) is 0. The third-order valence-electron chi connectivity index (χ3n) is 1.05. The van der Waals surface area contributed by atoms with Crippen molar-refractivity contribution < 1.29 is 0 Å². The van der Waals surface area contributed by atoms with Gasteiger partial charge in [0.25, 0.3) is 0 Å². The van der Waals surface area contributed by atoms with Crippen LogP contribution < -0.4 is 0 Å². The lowest BCUT2D eigenvalue weighted by Crippen LogP contribution is -1.67. The van der Waals surface area contributed by atoms with Gasteiger partial charge in [-0.2, -0.15) is 0 Å². The standard InChI is InChI=1S/C6H8.C4H6/c1-2-4-6-5-3-1;1-3-4-2/h1-4H,5-6H2;3-4H,1-2H2. The first-order valence-electron chi connectivity index (χ1n) is 3.47. The maximum atomic E-state index is 3.36. The molecule has 54 valence electrons. The van der Waals surface area contributed by atoms with Crippen molar-refractivity contribution in [2.24, 2.45) is 0 Å². The van der Waals surface area contributed by atoms with Gasteiger partial charge in [-0.05, 0) is 12.8 Å². The number of hydrogen-bond donors (Lipinski definition) is 0. The summed E-state index contributed by atoms with van der Waals surface area (Å²) in [6.45, 7) is 6.72. The van der Waals surface area contributed by atoms with E-state index in [1.54, 1.807) is 12.2 Å². The Labute approximate surface area is 63.3 Å². The van der Waals surface area contributed by atoms with Gasteiger partial charge in [0.1, 0.15) is 0 Å². The number of hydrogen-bond acceptors (Lipinski definition) is 0. The van der Waals surface area contributed by atoms with Crippen LogP contribution in [-0.4, -0.2) is 0 Å². The Morgan fingerprint density at radius 2 is 1.30 bits per heavy atom. The topological polar surface area (TPSA) is 0 Å². The smallest absolute Gasteiger partial charge is 0.0313 e. The molecule has 1 aliphatic rings. The molecule has 0 aromatic heterocycles. The van der Waals surface area contributed by atoms with Crippen LogP contribution in [0.4, 0.5) is 0 Å². The molecule has 0 aliphatic heterocycles. The molecule has 0 atom stereocenters. The second-order valence-electron chi connectivity index (χ2n) is 1.91. The average molecular weight is 134 g/mol. The maximum absolute atomic E-state index is 3.36. The van der Waals surface area contributed by atoms with E-state index in [0.717, 1.165) is 0 Å². The van der Waals surface area contributed by atoms with Gasteiger partial charge in [0.15, 0.2) is 0 Å². The Morgan fingerprint density at radius 3 is 1.40 bits per heavy atom. The van der Waals surface area contributed by atoms with E-state index in [-0.39, 0.29) is 0 Å². The lowest BCUT2D eigenvalue weighted by molar-refractivity contribution is 1.04. The Balaban J connectivity index is 0.000000180. The van der Waals surface area contributed by atoms with Gasteiger partial charge in [-0.15, -0.1) is 0 Å². The van der Waals surface area contributed by atoms with Gasteiger partial charge < -0.3 is 0 Å². The first-order valence-corrected chi connectivity index (χ1v) is 3.47. The van der Waals surface area contributed by atoms with Crippen LogP contribution in [0, 0.1) is 0 Å². The molecule has 0 amide bonds. The van der Waals surface area contributed by atoms with E-state index >= 15 is 0 Å². The maximum Gasteiger partial charge on any atom is -0.0313 e. The largest absolute Gasteiger partial charge is 0.0991 e. The van der Waals surface area contributed by atoms with Crippen LogP contribution in [0.5, 0.6) is 0 Å². The summed E-state index contributed by atoms with van der Waals surface area (Å²) in [5.74, 6) is 0. The van der Waals surface area contributed by atoms with Crippen molar-refractivity contribution in [3.8, 4) is 0 Å². The molecule has 0 heteroatoms. The molecule has 0 nitrogen and oxygen atoms in total. The molecule has 0 aromatic rings. The summed E-state index contributed by atoms with van der Waals surface area (Å²) < 4.78 is 0. The summed E-state index contributed by atoms with van der Waals surface area (Å²) in [6.07, 6.45) is 14.3. The lowest BCUT2D eigenvalue weighted by Gasteiger charge is -1.88. The molecule has 1 rings (SSSR count). The van der Waals surface area contributed by atoms with Gasteiger partial charge in [-0.25, -0.2) is 0 Å². The van der Waals surface area contributed by atoms with Crippen molar-refractivity contribution in [3.05, 3.63) is 49.6 Å². The monoisotopic (exact) mass is 134 g/mol. The van der Waals surface area contributed by atoms with Gasteiger partial charge in [-0.3, -0.25) is 0 Å². The summed E-state index contributed by atoms with van der Waals surface area (Å²) in [5, 5.41) is 0. The molecular weight excluding hydrogens is 120 g/mol. The van der Waals surface area contributed by atoms with Crippen molar-refractivity contribution in [2.45, 2.75) is 12.8 Å². The van der Waals surface area contributed by atoms with Crippen LogP contribution in [0.15, 0.2) is 49.6 Å². The minimum atomic E-state index is 1.23. The van der Waals surface area contributed by atoms with E-state index in [1.807, 2.05) is 0 Å². The molecule has 10 heavy (non-hydrogen) atoms. The highest BCUT2D eigenvalue weighted by Gasteiger charge is 1.77. The third kappa shape index (κ3) is 6.96. The van der Waals surface area contributed by atoms with Crippen LogP contribution in [0.25, 0.3) is 0 Å². The summed E-state index contributed by atoms with van der Waals surface area (Å²) >= 11 is 0. The fraction of sp³-hybridized carbons (Fsp3) is 0.200. The highest BCUT2D eigenvalue weighted by Crippen LogP contribution is 1.98. The predicted molar refractivity (Wildman–Crippen MR) is 47.9 cm³/mol. The van der Waals surface area contributed by atoms with E-state index in [0.29, 0.717) is 0 Å². The van der Waals surface area contributed by atoms with Gasteiger partial charge in [0.05, 0.1) is 0 Å². The van der Waals surface area contributed by atoms with Crippen LogP contribution >= 0.6 is 0 Å². The van der Waals surface area contributed by atoms with Gasteiger partial charge in [-0.1, -0.05) is 49.6 Å². The van der Waals surface area contributed by atoms with Crippen molar-refractivity contribution in [2.75, 3.05) is 0 Å². The normalized spacial score (nSPS) is 13.2. The lowest BCUT2D eigenvalue weighted by atomic mass is 10.2. The van der Waals surface area contributed by atoms with Crippen LogP contribution in [0.2, 0.25) is 0 Å². The van der Waals surface area contributed by atoms with Crippen molar-refractivity contribution >= 4 is 0 Å². The first-order chi connectivity index (χ1) is 4.91. The zero-order chi connectivity index (χ0) is 7.66. The SMILES string of the molecule is C1=CCCC=C1.C=CC=C. The minimum absolute atomic E-state index is 1.23. The van der Waals surface area contributed by atoms with Crippen LogP contribution in [0.1, 0.15) is 12.8 Å². The van der Waals surface area contributed by atoms with Crippen molar-refractivity contribution in [1.29, 1.82) is 0 Å². The molecular formula is C10H14. The fourth-order valence-corrected chi connectivity index (χ4v) is 0.542. The molecule has 0 saturated carbocycles. The minimum Gasteiger partial charge on any atom is -0.0991 e. The van der Waals surface area contributed by atoms with Crippen LogP contribution in [0.3, 0.4) is 0 Å². The Morgan fingerprint density at radius 1 is 0.900 bits per heavy atom. The average Bonchev–Trinajstić information content (AvgIpc) is 2.08. The highest BCUT2D eigenvalue weighted by molar-refractivity contribution is 5.07. The van der Waals surface area contributed by atoms with E-state index in [2.05, 4.69) is 37.5 Å². The summed E-state index contributed by atoms with van der Waals surface area (Å²) in [7, 11) is 0. The molecule has 1 aliphatic carbocycles. The van der Waals surface area contributed by atoms with Crippen LogP contribution in [-0.2, 0) is 0 Å². The molecule has 0 heterocycles. The summed E-state index contributed by atoms with van der Waals surface area (Å²) in [5.41, 5.74) is 0. The Kier molecular flexibility index (Phi) is 7.13. The molecule has 0 aromatic carbocycles. The second-order valence-corrected chi connectivity index (χ2v) is 1.91. The van der Waals surface area contributed by atoms with Gasteiger partial charge in [0, 0.05) is 0 Å². The molecule has 0 fully saturated rings. The zero-order valence-electron chi connectivity index (χ0n) is 6.29. The van der Waals surface area contributed by atoms with E-state index in [4.69, 9.17) is 0 Å². The molecule has 0 saturated heterocycles. The second kappa shape index (κ2) is 7.96. The van der Waals surface area contributed by atoms with E-state index in [1.165, 1.54) is 12.8 Å². The molecule has 0 bridgehead atoms. The quantitative estimate of drug-likeness (QED) is 0.483. The molecule has 0 radical (unpaired) electrons. The zero-order valence-corrected chi connectivity index (χ0v) is 6.29. The predicted octanol–water partition coefficient (Wildman–Crippen LogP) is 3.25. The first kappa shape index (κ1) is 8.96. The highest BCUT2D eigenvalue weighted by atomic mass is 13.8. The number of rotatable bonds is 1. The molecule has 0 unspecified atom stereocenters. The van der Waals surface area contributed by atoms with E-state index in [9.17, 15) is 0 Å². The van der Waals surface area contributed by atoms with Crippen molar-refractivity contribution in [3.63, 3.8) is 0 Å². The molecule has 0 N–H and O–H groups in total. The molecule has 0 spiro atoms. The van der Waals surface area contributed by atoms with Gasteiger partial charge in [0.2, 0.25) is 0 Å². The third-order valence-corrected chi connectivity index (χ3v) is 1.05. The summed E-state index contributed by atoms with van der Waals surface area (Å²) in [4.78, 5) is 0. The Hall–Kier alpha value is -1.04.